The summed E-state index contributed by atoms with van der Waals surface area (Å²) in [6.07, 6.45) is 1.31. The van der Waals surface area contributed by atoms with Gasteiger partial charge < -0.3 is 90.8 Å². The average molecular weight is 1300 g/mol. The molecule has 518 valence electrons. The van der Waals surface area contributed by atoms with Crippen molar-refractivity contribution in [2.45, 2.75) is 225 Å². The van der Waals surface area contributed by atoms with E-state index in [0.717, 1.165) is 5.56 Å². The van der Waals surface area contributed by atoms with E-state index in [-0.39, 0.29) is 44.6 Å². The Morgan fingerprint density at radius 2 is 1.12 bits per heavy atom. The fourth-order valence-electron chi connectivity index (χ4n) is 9.87. The average Bonchev–Trinajstić information content (AvgIpc) is 2.09. The summed E-state index contributed by atoms with van der Waals surface area (Å²) in [7, 11) is 1.63. The maximum absolute atomic E-state index is 14.5. The summed E-state index contributed by atoms with van der Waals surface area (Å²) in [6.45, 7) is 15.9. The largest absolute Gasteiger partial charge is 0.458 e. The van der Waals surface area contributed by atoms with Gasteiger partial charge in [0.1, 0.15) is 66.5 Å². The van der Waals surface area contributed by atoms with Crippen molar-refractivity contribution in [3.8, 4) is 0 Å². The number of likely N-dealkylation sites (N-methyl/N-ethyl adjacent to an activating group) is 1. The molecule has 0 saturated carbocycles. The zero-order chi connectivity index (χ0) is 69.4. The van der Waals surface area contributed by atoms with Crippen LogP contribution in [0.5, 0.6) is 0 Å². The van der Waals surface area contributed by atoms with Crippen LogP contribution in [0.2, 0.25) is 0 Å². The van der Waals surface area contributed by atoms with Crippen LogP contribution < -0.4 is 81.0 Å². The number of primary amides is 1. The normalized spacial score (nSPS) is 20.6. The van der Waals surface area contributed by atoms with E-state index in [2.05, 4.69) is 63.8 Å². The highest BCUT2D eigenvalue weighted by Crippen LogP contribution is 2.18. The van der Waals surface area contributed by atoms with E-state index >= 15 is 0 Å². The van der Waals surface area contributed by atoms with Gasteiger partial charge in [-0.05, 0) is 108 Å². The number of carbonyl (C=O) groups is 12. The van der Waals surface area contributed by atoms with Gasteiger partial charge in [-0.2, -0.15) is 0 Å². The van der Waals surface area contributed by atoms with E-state index in [9.17, 15) is 62.6 Å². The van der Waals surface area contributed by atoms with Crippen LogP contribution in [0.15, 0.2) is 30.3 Å². The van der Waals surface area contributed by atoms with Gasteiger partial charge in [0.15, 0.2) is 5.96 Å². The molecule has 30 heteroatoms. The second-order valence-corrected chi connectivity index (χ2v) is 23.9. The van der Waals surface area contributed by atoms with Crippen LogP contribution in [0, 0.1) is 29.1 Å². The second-order valence-electron chi connectivity index (χ2n) is 23.9. The molecule has 0 aliphatic carbocycles. The second kappa shape index (κ2) is 41.5. The Balaban J connectivity index is 2.45. The molecule has 1 fully saturated rings. The quantitative estimate of drug-likeness (QED) is 0.0145. The van der Waals surface area contributed by atoms with Crippen molar-refractivity contribution in [1.29, 1.82) is 5.41 Å². The molecule has 1 aliphatic heterocycles. The van der Waals surface area contributed by atoms with Gasteiger partial charge in [0.2, 0.25) is 65.0 Å². The summed E-state index contributed by atoms with van der Waals surface area (Å²) >= 11 is 0. The maximum Gasteiger partial charge on any atom is 0.329 e. The number of cyclic esters (lactones) is 1. The van der Waals surface area contributed by atoms with Crippen LogP contribution in [0.3, 0.4) is 0 Å². The number of benzene rings is 1. The molecule has 1 aromatic rings. The Morgan fingerprint density at radius 3 is 1.63 bits per heavy atom. The third kappa shape index (κ3) is 26.7. The number of aliphatic hydroxyl groups is 1. The van der Waals surface area contributed by atoms with Crippen LogP contribution in [0.4, 0.5) is 0 Å². The number of amides is 11. The Hall–Kier alpha value is -7.99. The van der Waals surface area contributed by atoms with Crippen molar-refractivity contribution in [3.63, 3.8) is 0 Å². The lowest BCUT2D eigenvalue weighted by Crippen LogP contribution is -2.63. The lowest BCUT2D eigenvalue weighted by atomic mass is 9.94. The smallest absolute Gasteiger partial charge is 0.329 e. The highest BCUT2D eigenvalue weighted by Gasteiger charge is 2.41. The first-order valence-electron chi connectivity index (χ1n) is 32.1. The minimum absolute atomic E-state index is 0.0554. The van der Waals surface area contributed by atoms with E-state index in [1.54, 1.807) is 55.5 Å². The third-order valence-electron chi connectivity index (χ3n) is 16.8. The predicted molar refractivity (Wildman–Crippen MR) is 344 cm³/mol. The van der Waals surface area contributed by atoms with Crippen LogP contribution in [0.25, 0.3) is 0 Å². The number of esters is 1. The van der Waals surface area contributed by atoms with Gasteiger partial charge in [-0.1, -0.05) is 111 Å². The van der Waals surface area contributed by atoms with Crippen molar-refractivity contribution >= 4 is 76.9 Å². The monoisotopic (exact) mass is 1300 g/mol. The fourth-order valence-corrected chi connectivity index (χ4v) is 9.87. The molecule has 20 N–H and O–H groups in total. The summed E-state index contributed by atoms with van der Waals surface area (Å²) in [5.74, 6) is -12.6. The van der Waals surface area contributed by atoms with Gasteiger partial charge in [-0.3, -0.25) is 58.1 Å². The number of unbranched alkanes of at least 4 members (excludes halogenated alkanes) is 2. The van der Waals surface area contributed by atoms with Gasteiger partial charge >= 0.3 is 5.97 Å². The summed E-state index contributed by atoms with van der Waals surface area (Å²) in [4.78, 5) is 167. The highest BCUT2D eigenvalue weighted by molar-refractivity contribution is 5.99. The lowest BCUT2D eigenvalue weighted by Gasteiger charge is -2.31. The van der Waals surface area contributed by atoms with Gasteiger partial charge in [0.25, 0.3) is 0 Å². The molecule has 1 aromatic carbocycles. The van der Waals surface area contributed by atoms with Gasteiger partial charge in [0.05, 0.1) is 12.6 Å². The standard InChI is InChI=1S/C62H106N16O14/c1-12-33(5)46(75-55(85)43(67-11)31-39-23-17-16-18-24-39)57(87)72-40(25-19-21-29-63)52(82)71-42(27-28-45(64)80)54(84)74-48(35(7)14-3)59(89)76-47(34(6)13-2)58(88)73-44(32-79)56(86)78-50-38(10)92-61(91)49(36(8)15-4)77-53(83)41(26-20-22-30-68-62(65)66)70-51(81)37(9)69-60(50)90/h16-18,23-24,33-38,40-44,46-50,67,79H,12-15,19-22,25-32,63H2,1-11H3,(H2,64,80)(H,69,90)(H,70,81)(H,71,82)(H,72,87)(H,73,88)(H,74,84)(H,75,85)(H,76,89)(H,77,83)(H,78,86)(H4,65,66,68)/t33-,34-,35-,36-,37-,38-,40-,41-,42+,43+,44-,46-,47-,48+,49-,50+/m0/s1. The molecule has 0 unspecified atom stereocenters. The molecule has 30 nitrogen and oxygen atoms in total. The fraction of sp³-hybridized carbons (Fsp3) is 0.694. The Kier molecular flexibility index (Phi) is 36.1. The third-order valence-corrected chi connectivity index (χ3v) is 16.8. The molecule has 2 rings (SSSR count). The maximum atomic E-state index is 14.5. The first-order chi connectivity index (χ1) is 43.5. The first-order valence-corrected chi connectivity index (χ1v) is 32.1. The van der Waals surface area contributed by atoms with E-state index in [0.29, 0.717) is 51.5 Å². The Bertz CT molecular complexity index is 2620. The molecule has 0 bridgehead atoms. The van der Waals surface area contributed by atoms with Gasteiger partial charge in [-0.15, -0.1) is 0 Å². The first kappa shape index (κ1) is 80.1. The van der Waals surface area contributed by atoms with Crippen molar-refractivity contribution in [3.05, 3.63) is 35.9 Å². The number of nitrogens with two attached hydrogens (primary N) is 3. The minimum Gasteiger partial charge on any atom is -0.458 e. The number of hydrogen-bond donors (Lipinski definition) is 17. The highest BCUT2D eigenvalue weighted by atomic mass is 16.5. The van der Waals surface area contributed by atoms with Crippen LogP contribution in [0.1, 0.15) is 152 Å². The van der Waals surface area contributed by atoms with E-state index < -0.39 is 180 Å². The molecule has 16 atom stereocenters. The number of hydrogen-bond acceptors (Lipinski definition) is 17. The molecule has 0 spiro atoms. The zero-order valence-corrected chi connectivity index (χ0v) is 55.4. The Morgan fingerprint density at radius 1 is 0.609 bits per heavy atom. The Labute approximate surface area is 540 Å². The molecule has 1 heterocycles. The number of nitrogens with one attached hydrogen (secondary N) is 13. The molecule has 1 aliphatic rings. The summed E-state index contributed by atoms with van der Waals surface area (Å²) in [5.41, 5.74) is 17.6. The molecular weight excluding hydrogens is 1190 g/mol. The summed E-state index contributed by atoms with van der Waals surface area (Å²) in [5, 5.41) is 49.9. The SMILES string of the molecule is CC[C@H](C)[C@H](NC(=O)[C@@H](Cc1ccccc1)NC)C(=O)N[C@@H](CCCCN)C(=O)N[C@H](CCC(N)=O)C(=O)N[C@@H](C(=O)N[C@H](C(=O)N[C@@H](CO)C(=O)N[C@H]1C(=O)N[C@@H](C)C(=O)N[C@@H](CCCCNC(=N)N)C(=O)N[C@@H]([C@@H](C)CC)C(=O)O[C@H]1C)[C@@H](C)CC)[C@@H](C)CC. The van der Waals surface area contributed by atoms with Crippen molar-refractivity contribution < 1.29 is 67.4 Å². The van der Waals surface area contributed by atoms with E-state index in [1.165, 1.54) is 13.8 Å². The number of guanidine groups is 1. The lowest BCUT2D eigenvalue weighted by molar-refractivity contribution is -0.157. The van der Waals surface area contributed by atoms with Crippen molar-refractivity contribution in [2.75, 3.05) is 26.7 Å². The van der Waals surface area contributed by atoms with Crippen molar-refractivity contribution in [2.24, 2.45) is 40.9 Å². The predicted octanol–water partition coefficient (Wildman–Crippen LogP) is -2.15. The molecule has 0 aromatic heterocycles. The van der Waals surface area contributed by atoms with Gasteiger partial charge in [-0.25, -0.2) is 4.79 Å². The molecule has 1 saturated heterocycles. The van der Waals surface area contributed by atoms with Crippen LogP contribution in [-0.4, -0.2) is 181 Å². The zero-order valence-electron chi connectivity index (χ0n) is 55.4. The number of carbonyl (C=O) groups excluding carboxylic acids is 12. The molecular formula is C62H106N16O14. The van der Waals surface area contributed by atoms with Crippen LogP contribution >= 0.6 is 0 Å². The minimum atomic E-state index is -1.82. The van der Waals surface area contributed by atoms with E-state index in [1.807, 2.05) is 37.3 Å². The molecule has 92 heavy (non-hydrogen) atoms. The van der Waals surface area contributed by atoms with E-state index in [4.69, 9.17) is 27.3 Å². The summed E-state index contributed by atoms with van der Waals surface area (Å²) < 4.78 is 5.74. The van der Waals surface area contributed by atoms with Crippen LogP contribution in [-0.2, 0) is 68.7 Å². The topological polar surface area (TPSA) is 481 Å². The molecule has 0 radical (unpaired) electrons. The number of aliphatic hydroxyl groups excluding tert-OH is 1. The van der Waals surface area contributed by atoms with Crippen molar-refractivity contribution in [1.82, 2.24) is 63.8 Å². The number of ether oxygens (including phenoxy) is 1. The molecule has 11 amide bonds. The summed E-state index contributed by atoms with van der Waals surface area (Å²) in [6, 6.07) is -5.50. The number of rotatable bonds is 38. The van der Waals surface area contributed by atoms with Gasteiger partial charge in [0, 0.05) is 13.0 Å².